The maximum absolute atomic E-state index is 13.2. The third-order valence-electron chi connectivity index (χ3n) is 4.78. The zero-order chi connectivity index (χ0) is 21.8. The maximum atomic E-state index is 13.2. The minimum Gasteiger partial charge on any atom is -0.497 e. The second-order valence-corrected chi connectivity index (χ2v) is 7.12. The van der Waals surface area contributed by atoms with E-state index in [1.54, 1.807) is 7.11 Å². The highest BCUT2D eigenvalue weighted by Gasteiger charge is 2.34. The van der Waals surface area contributed by atoms with E-state index in [0.29, 0.717) is 22.9 Å². The first-order valence-electron chi connectivity index (χ1n) is 9.80. The molecular weight excluding hydrogens is 390 g/mol. The third-order valence-corrected chi connectivity index (χ3v) is 4.78. The highest BCUT2D eigenvalue weighted by Crippen LogP contribution is 2.23. The first-order chi connectivity index (χ1) is 15.0. The molecule has 1 N–H and O–H groups in total. The number of aliphatic imine (C=N–C) groups is 2. The predicted molar refractivity (Wildman–Crippen MR) is 125 cm³/mol. The van der Waals surface area contributed by atoms with E-state index in [2.05, 4.69) is 15.4 Å². The van der Waals surface area contributed by atoms with Crippen molar-refractivity contribution in [3.05, 3.63) is 78.9 Å². The molecule has 7 heteroatoms. The van der Waals surface area contributed by atoms with Gasteiger partial charge in [-0.2, -0.15) is 0 Å². The number of anilines is 2. The van der Waals surface area contributed by atoms with Gasteiger partial charge in [-0.1, -0.05) is 18.2 Å². The first-order valence-corrected chi connectivity index (χ1v) is 9.80. The van der Waals surface area contributed by atoms with Gasteiger partial charge in [0.25, 0.3) is 5.91 Å². The number of amides is 1. The molecule has 0 unspecified atom stereocenters. The first kappa shape index (κ1) is 20.2. The van der Waals surface area contributed by atoms with Crippen molar-refractivity contribution in [2.45, 2.75) is 0 Å². The lowest BCUT2D eigenvalue weighted by Gasteiger charge is -2.14. The highest BCUT2D eigenvalue weighted by atomic mass is 16.5. The van der Waals surface area contributed by atoms with Gasteiger partial charge in [0.05, 0.1) is 24.2 Å². The molecule has 0 bridgehead atoms. The van der Waals surface area contributed by atoms with Gasteiger partial charge in [-0.25, -0.2) is 15.0 Å². The van der Waals surface area contributed by atoms with Crippen molar-refractivity contribution in [3.8, 4) is 5.75 Å². The number of benzene rings is 3. The van der Waals surface area contributed by atoms with Crippen molar-refractivity contribution in [3.63, 3.8) is 0 Å². The molecule has 0 aromatic heterocycles. The molecule has 31 heavy (non-hydrogen) atoms. The van der Waals surface area contributed by atoms with Gasteiger partial charge in [-0.15, -0.1) is 0 Å². The van der Waals surface area contributed by atoms with Crippen LogP contribution in [0.2, 0.25) is 0 Å². The number of ether oxygens (including phenoxy) is 1. The van der Waals surface area contributed by atoms with Crippen molar-refractivity contribution in [1.82, 2.24) is 5.43 Å². The Morgan fingerprint density at radius 2 is 1.45 bits per heavy atom. The summed E-state index contributed by atoms with van der Waals surface area (Å²) in [4.78, 5) is 24.5. The fourth-order valence-electron chi connectivity index (χ4n) is 3.09. The minimum absolute atomic E-state index is 0.247. The molecule has 1 heterocycles. The van der Waals surface area contributed by atoms with Gasteiger partial charge in [0.15, 0.2) is 11.5 Å². The average Bonchev–Trinajstić information content (AvgIpc) is 3.10. The standard InChI is InChI=1S/C24H23N5O2/c1-28(2)19-13-9-17(10-14-19)25-22-23(26-18-11-15-21(31-3)16-12-18)27-29(24(22)30)20-7-5-4-6-8-20/h4-16H,1-3H3,(H,26,27). The van der Waals surface area contributed by atoms with E-state index >= 15 is 0 Å². The zero-order valence-corrected chi connectivity index (χ0v) is 17.6. The predicted octanol–water partition coefficient (Wildman–Crippen LogP) is 4.12. The van der Waals surface area contributed by atoms with Crippen LogP contribution in [0.3, 0.4) is 0 Å². The summed E-state index contributed by atoms with van der Waals surface area (Å²) in [6.07, 6.45) is 0. The van der Waals surface area contributed by atoms with Crippen molar-refractivity contribution in [2.75, 3.05) is 31.1 Å². The van der Waals surface area contributed by atoms with E-state index < -0.39 is 0 Å². The van der Waals surface area contributed by atoms with Crippen LogP contribution in [0.5, 0.6) is 5.75 Å². The molecule has 0 radical (unpaired) electrons. The maximum Gasteiger partial charge on any atom is 0.299 e. The lowest BCUT2D eigenvalue weighted by atomic mass is 10.2. The van der Waals surface area contributed by atoms with Crippen LogP contribution in [-0.4, -0.2) is 38.7 Å². The fourth-order valence-corrected chi connectivity index (χ4v) is 3.09. The van der Waals surface area contributed by atoms with E-state index in [-0.39, 0.29) is 11.6 Å². The van der Waals surface area contributed by atoms with Gasteiger partial charge in [0.1, 0.15) is 5.75 Å². The number of carbonyl (C=O) groups excluding carboxylic acids is 1. The SMILES string of the molecule is COc1ccc(N=C2NN(c3ccccc3)C(=O)C2=Nc2ccc(N(C)C)cc2)cc1. The Labute approximate surface area is 181 Å². The number of hydrogen-bond donors (Lipinski definition) is 1. The number of para-hydroxylation sites is 1. The smallest absolute Gasteiger partial charge is 0.299 e. The molecular formula is C24H23N5O2. The van der Waals surface area contributed by atoms with Gasteiger partial charge in [-0.05, 0) is 60.7 Å². The number of amidine groups is 1. The molecule has 0 atom stereocenters. The van der Waals surface area contributed by atoms with Crippen LogP contribution in [0.1, 0.15) is 0 Å². The second kappa shape index (κ2) is 8.71. The Morgan fingerprint density at radius 3 is 2.06 bits per heavy atom. The van der Waals surface area contributed by atoms with E-state index in [0.717, 1.165) is 11.4 Å². The molecule has 1 saturated heterocycles. The number of methoxy groups -OCH3 is 1. The van der Waals surface area contributed by atoms with Gasteiger partial charge in [-0.3, -0.25) is 10.2 Å². The summed E-state index contributed by atoms with van der Waals surface area (Å²) in [5.74, 6) is 0.853. The third kappa shape index (κ3) is 4.40. The molecule has 7 nitrogen and oxygen atoms in total. The number of rotatable bonds is 5. The monoisotopic (exact) mass is 413 g/mol. The lowest BCUT2D eigenvalue weighted by molar-refractivity contribution is -0.112. The summed E-state index contributed by atoms with van der Waals surface area (Å²) in [5, 5.41) is 1.45. The van der Waals surface area contributed by atoms with Crippen LogP contribution >= 0.6 is 0 Å². The summed E-state index contributed by atoms with van der Waals surface area (Å²) >= 11 is 0. The fraction of sp³-hybridized carbons (Fsp3) is 0.125. The Bertz CT molecular complexity index is 1120. The highest BCUT2D eigenvalue weighted by molar-refractivity contribution is 6.72. The number of nitrogens with zero attached hydrogens (tertiary/aromatic N) is 4. The summed E-state index contributed by atoms with van der Waals surface area (Å²) in [6, 6.07) is 24.3. The molecule has 1 aliphatic rings. The Hall–Kier alpha value is -4.13. The van der Waals surface area contributed by atoms with Crippen molar-refractivity contribution < 1.29 is 9.53 Å². The van der Waals surface area contributed by atoms with Gasteiger partial charge >= 0.3 is 0 Å². The van der Waals surface area contributed by atoms with E-state index in [4.69, 9.17) is 4.74 Å². The number of nitrogens with one attached hydrogen (secondary N) is 1. The summed E-state index contributed by atoms with van der Waals surface area (Å²) < 4.78 is 5.20. The summed E-state index contributed by atoms with van der Waals surface area (Å²) in [6.45, 7) is 0. The molecule has 4 rings (SSSR count). The molecule has 1 aliphatic heterocycles. The molecule has 0 saturated carbocycles. The molecule has 3 aromatic carbocycles. The Balaban J connectivity index is 1.73. The normalized spacial score (nSPS) is 16.0. The van der Waals surface area contributed by atoms with Gasteiger partial charge in [0, 0.05) is 19.8 Å². The molecule has 0 aliphatic carbocycles. The summed E-state index contributed by atoms with van der Waals surface area (Å²) in [7, 11) is 5.56. The van der Waals surface area contributed by atoms with Crippen LogP contribution in [0, 0.1) is 0 Å². The minimum atomic E-state index is -0.268. The number of hydrogen-bond acceptors (Lipinski definition) is 5. The molecule has 0 spiro atoms. The lowest BCUT2D eigenvalue weighted by Crippen LogP contribution is -2.35. The van der Waals surface area contributed by atoms with Crippen LogP contribution in [0.15, 0.2) is 88.8 Å². The molecule has 1 fully saturated rings. The van der Waals surface area contributed by atoms with E-state index in [1.165, 1.54) is 5.01 Å². The van der Waals surface area contributed by atoms with Crippen molar-refractivity contribution >= 4 is 40.2 Å². The largest absolute Gasteiger partial charge is 0.497 e. The van der Waals surface area contributed by atoms with E-state index in [1.807, 2.05) is 97.9 Å². The molecule has 156 valence electrons. The number of carbonyl (C=O) groups is 1. The van der Waals surface area contributed by atoms with Crippen LogP contribution < -0.4 is 20.1 Å². The average molecular weight is 413 g/mol. The zero-order valence-electron chi connectivity index (χ0n) is 17.6. The number of hydrazine groups is 1. The Morgan fingerprint density at radius 1 is 0.839 bits per heavy atom. The van der Waals surface area contributed by atoms with Crippen LogP contribution in [0.25, 0.3) is 0 Å². The summed E-state index contributed by atoms with van der Waals surface area (Å²) in [5.41, 5.74) is 6.47. The van der Waals surface area contributed by atoms with Crippen molar-refractivity contribution in [1.29, 1.82) is 0 Å². The quantitative estimate of drug-likeness (QED) is 0.683. The van der Waals surface area contributed by atoms with Crippen LogP contribution in [-0.2, 0) is 4.79 Å². The van der Waals surface area contributed by atoms with Crippen molar-refractivity contribution in [2.24, 2.45) is 9.98 Å². The second-order valence-electron chi connectivity index (χ2n) is 7.12. The van der Waals surface area contributed by atoms with Gasteiger partial charge < -0.3 is 9.64 Å². The Kier molecular flexibility index (Phi) is 5.66. The molecule has 1 amide bonds. The molecule has 3 aromatic rings. The van der Waals surface area contributed by atoms with Crippen LogP contribution in [0.4, 0.5) is 22.7 Å². The topological polar surface area (TPSA) is 69.5 Å². The van der Waals surface area contributed by atoms with E-state index in [9.17, 15) is 4.79 Å². The van der Waals surface area contributed by atoms with Gasteiger partial charge in [0.2, 0.25) is 0 Å².